The summed E-state index contributed by atoms with van der Waals surface area (Å²) < 4.78 is 87.4. The maximum absolute atomic E-state index is 14.3. The molecule has 35 N–H and O–H groups in total. The fraction of sp³-hybridized carbons (Fsp3) is 0.871. The number of carboxylic acids is 4. The molecule has 0 unspecified atom stereocenters. The molecule has 59 heteroatoms. The monoisotopic (exact) mass is 1890 g/mol. The number of carbonyl (C=O) groups excluding carboxylic acids is 5. The first kappa shape index (κ1) is 108. The van der Waals surface area contributed by atoms with Gasteiger partial charge in [-0.3, -0.25) is 24.0 Å². The zero-order valence-electron chi connectivity index (χ0n) is 68.5. The van der Waals surface area contributed by atoms with Crippen molar-refractivity contribution in [2.75, 3.05) is 59.5 Å². The number of amides is 5. The summed E-state index contributed by atoms with van der Waals surface area (Å²) >= 11 is 0. The normalized spacial score (nSPS) is 42.3. The molecule has 0 aromatic carbocycles. The Bertz CT molecular complexity index is 3740. The Morgan fingerprint density at radius 1 is 0.333 bits per heavy atom. The number of hydrogen-bond acceptors (Lipinski definition) is 50. The Hall–Kier alpha value is -6.41. The fourth-order valence-corrected chi connectivity index (χ4v) is 16.3. The van der Waals surface area contributed by atoms with Gasteiger partial charge < -0.3 is 251 Å². The van der Waals surface area contributed by atoms with Gasteiger partial charge in [-0.1, -0.05) is 0 Å². The van der Waals surface area contributed by atoms with E-state index in [4.69, 9.17) is 71.1 Å². The number of aliphatic hydroxyl groups excluding tert-OH is 26. The Labute approximate surface area is 726 Å². The van der Waals surface area contributed by atoms with Crippen molar-refractivity contribution in [2.24, 2.45) is 0 Å². The van der Waals surface area contributed by atoms with E-state index in [0.717, 1.165) is 27.7 Å². The second-order valence-corrected chi connectivity index (χ2v) is 31.8. The summed E-state index contributed by atoms with van der Waals surface area (Å²) in [5, 5.41) is 346. The molecule has 8 aliphatic heterocycles. The molecule has 0 saturated carbocycles. The molecule has 8 fully saturated rings. The zero-order valence-corrected chi connectivity index (χ0v) is 68.5. The van der Waals surface area contributed by atoms with Crippen molar-refractivity contribution < 1.29 is 267 Å². The number of aliphatic carboxylic acids is 4. The Morgan fingerprint density at radius 2 is 0.643 bits per heavy atom. The zero-order chi connectivity index (χ0) is 96.6. The van der Waals surface area contributed by atoms with Crippen LogP contribution >= 0.6 is 0 Å². The largest absolute Gasteiger partial charge is 0.477 e. The number of rotatable bonds is 40. The van der Waals surface area contributed by atoms with Crippen LogP contribution in [0.5, 0.6) is 0 Å². The van der Waals surface area contributed by atoms with Gasteiger partial charge in [-0.05, 0) is 0 Å². The molecule has 0 radical (unpaired) electrons. The van der Waals surface area contributed by atoms with Crippen LogP contribution in [-0.2, 0) is 114 Å². The molecule has 59 nitrogen and oxygen atoms in total. The lowest BCUT2D eigenvalue weighted by atomic mass is 9.87. The highest BCUT2D eigenvalue weighted by Crippen LogP contribution is 2.46. The Balaban J connectivity index is 1.19. The average molecular weight is 1890 g/mol. The third-order valence-corrected chi connectivity index (χ3v) is 22.7. The first-order chi connectivity index (χ1) is 60.4. The van der Waals surface area contributed by atoms with Gasteiger partial charge in [0.25, 0.3) is 23.1 Å². The highest BCUT2D eigenvalue weighted by atomic mass is 16.8. The van der Waals surface area contributed by atoms with Gasteiger partial charge in [0.15, 0.2) is 25.2 Å². The standard InChI is InChI=1S/C70H113N5O54/c1-18(85)71-35-22(89)5-67(63(107)108,124-53(35)40(96)26(93)9-76)122-30(13-80)44(100)55-37(73-20(3)87)24(91)7-70(126-55,66(113)114)129-58-49(105)62(119-50-32(15-82)115-59(106)47(103)46(50)102)118-33(16-83)51(58)120-60-39(74-21(4)88)52(42(98)28(11-78)116-60)121-61-48(104)57(43(99)29(12-79)117-61)128-69(65(111)112)8-25(92)38(75-34(95)17-84)56(127-69)45(101)31(14-81)123-68(64(109)110)6-23(90)36(72-19(2)86)54(125-68)41(97)27(94)10-77/h22-33,35-62,76-84,89-94,96-106H,5-17H2,1-4H3,(H,71,85)(H,72,86)(H,73,87)(H,74,88)(H,75,95)(H,107,108)(H,109,110)(H,111,112)(H,113,114)/t22-,23-,24-,25-,26+,27+,28+,29+,30+,31+,32+,33+,35+,36+,37+,38+,39+,40+,41+,42-,43-,44+,45+,46+,47+,48+,49+,50+,51-,52+,53+,54+,55+,56+,57-,58+,59+,60-,61-,62-,67+,68+,69-,70-/m0/s1. The highest BCUT2D eigenvalue weighted by Gasteiger charge is 2.67. The van der Waals surface area contributed by atoms with Crippen molar-refractivity contribution in [3.63, 3.8) is 0 Å². The Kier molecular flexibility index (Phi) is 37.9. The van der Waals surface area contributed by atoms with Crippen molar-refractivity contribution >= 4 is 53.4 Å². The molecule has 8 heterocycles. The van der Waals surface area contributed by atoms with E-state index < -0.39 is 406 Å². The minimum Gasteiger partial charge on any atom is -0.477 e. The van der Waals surface area contributed by atoms with Crippen LogP contribution in [0.2, 0.25) is 0 Å². The third-order valence-electron chi connectivity index (χ3n) is 22.7. The van der Waals surface area contributed by atoms with Crippen LogP contribution in [0, 0.1) is 0 Å². The first-order valence-corrected chi connectivity index (χ1v) is 39.8. The number of ether oxygens (including phenoxy) is 15. The molecule has 8 saturated heterocycles. The molecular formula is C70H113N5O54. The molecule has 8 rings (SSSR count). The van der Waals surface area contributed by atoms with Crippen LogP contribution in [0.25, 0.3) is 0 Å². The maximum atomic E-state index is 14.3. The van der Waals surface area contributed by atoms with Crippen LogP contribution in [0.15, 0.2) is 0 Å². The second kappa shape index (κ2) is 45.3. The molecule has 5 amide bonds. The Morgan fingerprint density at radius 3 is 1.01 bits per heavy atom. The third kappa shape index (κ3) is 23.6. The summed E-state index contributed by atoms with van der Waals surface area (Å²) in [6.07, 6.45) is -93.3. The smallest absolute Gasteiger partial charge is 0.364 e. The number of carbonyl (C=O) groups is 9. The van der Waals surface area contributed by atoms with E-state index in [0.29, 0.717) is 0 Å². The van der Waals surface area contributed by atoms with Gasteiger partial charge in [0.2, 0.25) is 29.5 Å². The SMILES string of the molecule is CC(=O)N[C@H]1[C@H](O[C@@H]2[C@H](O[C@]3(C(=O)O)C[C@H](O)[C@@H](NC(C)=O)[C@H]([C@H](O)[C@@H](CO)O[C@]4(C(=O)O)C[C@H](O)[C@@H](NC(C)=O)[C@H]([C@H](O)[C@H](O)CO)O4)O3)[C@@H](O)[C@H](O[C@H]3[C@H](O)[C@@H](O)[C@H](O)O[C@@H]3CO)O[C@@H]2CO)O[C@H](CO)[C@H](O)[C@@H]1O[C@@H]1O[C@H](CO)[C@H](O)[C@H](O[C@]2(C(=O)O)C[C@H](O)[C@@H](NC(=O)CO)[C@H]([C@H](O)[C@@H](CO)O[C@]3(C(=O)O)C[C@H](O)[C@@H](NC(C)=O)[C@H]([C@H](O)[C@H](O)CO)O3)O2)[C@H]1O. The van der Waals surface area contributed by atoms with Crippen molar-refractivity contribution in [2.45, 2.75) is 321 Å². The predicted octanol–water partition coefficient (Wildman–Crippen LogP) is -21.9. The number of carboxylic acid groups (broad SMARTS) is 4. The van der Waals surface area contributed by atoms with Crippen molar-refractivity contribution in [1.29, 1.82) is 0 Å². The van der Waals surface area contributed by atoms with E-state index in [1.54, 1.807) is 0 Å². The summed E-state index contributed by atoms with van der Waals surface area (Å²) in [6.45, 7) is -9.66. The van der Waals surface area contributed by atoms with Crippen LogP contribution in [0.3, 0.4) is 0 Å². The van der Waals surface area contributed by atoms with Gasteiger partial charge in [-0.2, -0.15) is 0 Å². The van der Waals surface area contributed by atoms with Crippen molar-refractivity contribution in [3.05, 3.63) is 0 Å². The molecule has 0 spiro atoms. The van der Waals surface area contributed by atoms with Gasteiger partial charge in [-0.25, -0.2) is 19.2 Å². The number of hydrogen-bond donors (Lipinski definition) is 35. The number of aliphatic hydroxyl groups is 26. The van der Waals surface area contributed by atoms with Crippen LogP contribution < -0.4 is 26.6 Å². The molecule has 0 aromatic rings. The van der Waals surface area contributed by atoms with E-state index >= 15 is 0 Å². The summed E-state index contributed by atoms with van der Waals surface area (Å²) in [6, 6.07) is -10.6. The highest BCUT2D eigenvalue weighted by molar-refractivity contribution is 5.80. The summed E-state index contributed by atoms with van der Waals surface area (Å²) in [7, 11) is 0. The minimum atomic E-state index is -3.83. The molecule has 0 bridgehead atoms. The lowest BCUT2D eigenvalue weighted by Crippen LogP contribution is -2.73. The molecule has 44 atom stereocenters. The summed E-state index contributed by atoms with van der Waals surface area (Å²) in [5.74, 6) is -29.7. The van der Waals surface area contributed by atoms with E-state index in [1.807, 2.05) is 5.32 Å². The topological polar surface area (TPSA) is 959 Å². The molecule has 0 aliphatic carbocycles. The van der Waals surface area contributed by atoms with Gasteiger partial charge >= 0.3 is 23.9 Å². The van der Waals surface area contributed by atoms with Gasteiger partial charge in [-0.15, -0.1) is 0 Å². The average Bonchev–Trinajstić information content (AvgIpc) is 0.747. The fourth-order valence-electron chi connectivity index (χ4n) is 16.3. The van der Waals surface area contributed by atoms with Gasteiger partial charge in [0.1, 0.15) is 177 Å². The van der Waals surface area contributed by atoms with Gasteiger partial charge in [0, 0.05) is 53.4 Å². The lowest BCUT2D eigenvalue weighted by molar-refractivity contribution is -0.405. The van der Waals surface area contributed by atoms with Crippen molar-refractivity contribution in [3.8, 4) is 0 Å². The summed E-state index contributed by atoms with van der Waals surface area (Å²) in [4.78, 5) is 119. The first-order valence-electron chi connectivity index (χ1n) is 39.8. The van der Waals surface area contributed by atoms with E-state index in [2.05, 4.69) is 21.3 Å². The van der Waals surface area contributed by atoms with Crippen LogP contribution in [-0.4, -0.2) is 534 Å². The quantitative estimate of drug-likeness (QED) is 0.0271. The maximum Gasteiger partial charge on any atom is 0.364 e. The molecule has 0 aromatic heterocycles. The predicted molar refractivity (Wildman–Crippen MR) is 393 cm³/mol. The lowest BCUT2D eigenvalue weighted by Gasteiger charge is -2.53. The van der Waals surface area contributed by atoms with Gasteiger partial charge in [0.05, 0.1) is 101 Å². The van der Waals surface area contributed by atoms with E-state index in [-0.39, 0.29) is 0 Å². The molecule has 129 heavy (non-hydrogen) atoms. The molecular weight excluding hydrogens is 1770 g/mol. The van der Waals surface area contributed by atoms with Crippen LogP contribution in [0.4, 0.5) is 0 Å². The van der Waals surface area contributed by atoms with E-state index in [1.165, 1.54) is 0 Å². The van der Waals surface area contributed by atoms with Crippen molar-refractivity contribution in [1.82, 2.24) is 26.6 Å². The molecule has 742 valence electrons. The second-order valence-electron chi connectivity index (χ2n) is 31.8. The summed E-state index contributed by atoms with van der Waals surface area (Å²) in [5.41, 5.74) is 0. The van der Waals surface area contributed by atoms with Crippen LogP contribution in [0.1, 0.15) is 53.4 Å². The van der Waals surface area contributed by atoms with E-state index in [9.17, 15) is 196 Å². The molecule has 8 aliphatic rings. The number of nitrogens with one attached hydrogen (secondary N) is 5. The minimum absolute atomic E-state index is 0.749.